The summed E-state index contributed by atoms with van der Waals surface area (Å²) in [6.07, 6.45) is 2.47. The largest absolute Gasteiger partial charge is 0.496 e. The average Bonchev–Trinajstić information content (AvgIpc) is 2.61. The molecule has 0 radical (unpaired) electrons. The molecule has 0 bridgehead atoms. The highest BCUT2D eigenvalue weighted by atomic mass is 16.5. The highest BCUT2D eigenvalue weighted by Crippen LogP contribution is 2.17. The molecule has 24 heavy (non-hydrogen) atoms. The predicted molar refractivity (Wildman–Crippen MR) is 92.4 cm³/mol. The van der Waals surface area contributed by atoms with E-state index in [0.29, 0.717) is 19.5 Å². The zero-order valence-corrected chi connectivity index (χ0v) is 14.1. The van der Waals surface area contributed by atoms with Crippen LogP contribution in [0.3, 0.4) is 0 Å². The van der Waals surface area contributed by atoms with Gasteiger partial charge in [0.15, 0.2) is 0 Å². The summed E-state index contributed by atoms with van der Waals surface area (Å²) in [4.78, 5) is 23.9. The summed E-state index contributed by atoms with van der Waals surface area (Å²) in [7, 11) is 1.63. The zero-order valence-electron chi connectivity index (χ0n) is 14.1. The Kier molecular flexibility index (Phi) is 6.54. The van der Waals surface area contributed by atoms with Crippen LogP contribution in [0, 0.1) is 0 Å². The maximum atomic E-state index is 12.2. The number of hydrogen-bond donors (Lipinski definition) is 1. The third-order valence-electron chi connectivity index (χ3n) is 3.70. The summed E-state index contributed by atoms with van der Waals surface area (Å²) in [6, 6.07) is 10.5. The van der Waals surface area contributed by atoms with Crippen LogP contribution in [0.2, 0.25) is 0 Å². The SMILES string of the molecule is CCCCn1nc(C(=O)NCCc2ccccc2OC)ccc1=O. The minimum atomic E-state index is -0.282. The Morgan fingerprint density at radius 1 is 1.25 bits per heavy atom. The molecule has 6 heteroatoms. The molecule has 1 aromatic carbocycles. The standard InChI is InChI=1S/C18H23N3O3/c1-3-4-13-21-17(22)10-9-15(20-21)18(23)19-12-11-14-7-5-6-8-16(14)24-2/h5-10H,3-4,11-13H2,1-2H3,(H,19,23). The van der Waals surface area contributed by atoms with Crippen molar-refractivity contribution >= 4 is 5.91 Å². The number of nitrogens with one attached hydrogen (secondary N) is 1. The van der Waals surface area contributed by atoms with Crippen LogP contribution in [0.15, 0.2) is 41.2 Å². The second kappa shape index (κ2) is 8.86. The number of unbranched alkanes of at least 4 members (excludes halogenated alkanes) is 1. The fraction of sp³-hybridized carbons (Fsp3) is 0.389. The minimum absolute atomic E-state index is 0.186. The number of aromatic nitrogens is 2. The van der Waals surface area contributed by atoms with Crippen molar-refractivity contribution in [2.75, 3.05) is 13.7 Å². The van der Waals surface area contributed by atoms with E-state index >= 15 is 0 Å². The first kappa shape index (κ1) is 17.7. The zero-order chi connectivity index (χ0) is 17.4. The highest BCUT2D eigenvalue weighted by Gasteiger charge is 2.10. The van der Waals surface area contributed by atoms with E-state index in [1.165, 1.54) is 16.8 Å². The van der Waals surface area contributed by atoms with Gasteiger partial charge in [0, 0.05) is 19.2 Å². The summed E-state index contributed by atoms with van der Waals surface area (Å²) in [5, 5.41) is 6.97. The minimum Gasteiger partial charge on any atom is -0.496 e. The summed E-state index contributed by atoms with van der Waals surface area (Å²) >= 11 is 0. The Bertz CT molecular complexity index is 740. The Labute approximate surface area is 141 Å². The van der Waals surface area contributed by atoms with E-state index in [-0.39, 0.29) is 17.2 Å². The quantitative estimate of drug-likeness (QED) is 0.804. The molecule has 2 rings (SSSR count). The summed E-state index contributed by atoms with van der Waals surface area (Å²) in [6.45, 7) is 3.03. The number of hydrogen-bond acceptors (Lipinski definition) is 4. The van der Waals surface area contributed by atoms with E-state index in [2.05, 4.69) is 10.4 Å². The van der Waals surface area contributed by atoms with Crippen molar-refractivity contribution in [2.45, 2.75) is 32.7 Å². The van der Waals surface area contributed by atoms with Crippen molar-refractivity contribution in [1.82, 2.24) is 15.1 Å². The third-order valence-corrected chi connectivity index (χ3v) is 3.70. The molecule has 0 unspecified atom stereocenters. The Balaban J connectivity index is 1.96. The van der Waals surface area contributed by atoms with Crippen molar-refractivity contribution in [3.05, 3.63) is 58.0 Å². The normalized spacial score (nSPS) is 10.4. The molecule has 0 aliphatic rings. The molecule has 128 valence electrons. The first-order valence-corrected chi connectivity index (χ1v) is 8.14. The molecule has 6 nitrogen and oxygen atoms in total. The second-order valence-corrected chi connectivity index (χ2v) is 5.45. The van der Waals surface area contributed by atoms with Gasteiger partial charge in [-0.3, -0.25) is 9.59 Å². The van der Waals surface area contributed by atoms with Crippen molar-refractivity contribution in [3.8, 4) is 5.75 Å². The highest BCUT2D eigenvalue weighted by molar-refractivity contribution is 5.91. The van der Waals surface area contributed by atoms with Crippen LogP contribution in [-0.4, -0.2) is 29.3 Å². The van der Waals surface area contributed by atoms with Gasteiger partial charge in [-0.05, 0) is 30.5 Å². The third kappa shape index (κ3) is 4.68. The van der Waals surface area contributed by atoms with Gasteiger partial charge in [0.05, 0.1) is 7.11 Å². The molecule has 1 N–H and O–H groups in total. The first-order chi connectivity index (χ1) is 11.7. The lowest BCUT2D eigenvalue weighted by Crippen LogP contribution is -2.30. The van der Waals surface area contributed by atoms with Crippen LogP contribution in [0.25, 0.3) is 0 Å². The second-order valence-electron chi connectivity index (χ2n) is 5.45. The lowest BCUT2D eigenvalue weighted by Gasteiger charge is -2.09. The van der Waals surface area contributed by atoms with Crippen molar-refractivity contribution in [3.63, 3.8) is 0 Å². The molecular weight excluding hydrogens is 306 g/mol. The smallest absolute Gasteiger partial charge is 0.271 e. The monoisotopic (exact) mass is 329 g/mol. The maximum absolute atomic E-state index is 12.2. The van der Waals surface area contributed by atoms with Gasteiger partial charge >= 0.3 is 0 Å². The van der Waals surface area contributed by atoms with Crippen molar-refractivity contribution in [1.29, 1.82) is 0 Å². The van der Waals surface area contributed by atoms with Gasteiger partial charge in [-0.15, -0.1) is 0 Å². The van der Waals surface area contributed by atoms with Crippen LogP contribution in [0.4, 0.5) is 0 Å². The number of nitrogens with zero attached hydrogens (tertiary/aromatic N) is 2. The van der Waals surface area contributed by atoms with Gasteiger partial charge in [0.2, 0.25) is 0 Å². The first-order valence-electron chi connectivity index (χ1n) is 8.14. The van der Waals surface area contributed by atoms with E-state index < -0.39 is 0 Å². The number of aryl methyl sites for hydroxylation is 1. The van der Waals surface area contributed by atoms with Gasteiger partial charge < -0.3 is 10.1 Å². The molecule has 0 saturated carbocycles. The lowest BCUT2D eigenvalue weighted by molar-refractivity contribution is 0.0946. The Morgan fingerprint density at radius 3 is 2.79 bits per heavy atom. The number of para-hydroxylation sites is 1. The number of amides is 1. The van der Waals surface area contributed by atoms with E-state index in [1.54, 1.807) is 7.11 Å². The molecule has 0 fully saturated rings. The summed E-state index contributed by atoms with van der Waals surface area (Å²) in [5.74, 6) is 0.521. The van der Waals surface area contributed by atoms with Crippen molar-refractivity contribution < 1.29 is 9.53 Å². The fourth-order valence-corrected chi connectivity index (χ4v) is 2.35. The Morgan fingerprint density at radius 2 is 2.04 bits per heavy atom. The molecule has 0 spiro atoms. The predicted octanol–water partition coefficient (Wildman–Crippen LogP) is 2.02. The molecule has 2 aromatic rings. The molecule has 0 saturated heterocycles. The number of carbonyl (C=O) groups excluding carboxylic acids is 1. The van der Waals surface area contributed by atoms with Gasteiger partial charge in [-0.1, -0.05) is 31.5 Å². The number of carbonyl (C=O) groups is 1. The number of ether oxygens (including phenoxy) is 1. The maximum Gasteiger partial charge on any atom is 0.271 e. The topological polar surface area (TPSA) is 73.2 Å². The Hall–Kier alpha value is -2.63. The number of benzene rings is 1. The van der Waals surface area contributed by atoms with Crippen LogP contribution in [-0.2, 0) is 13.0 Å². The fourth-order valence-electron chi connectivity index (χ4n) is 2.35. The average molecular weight is 329 g/mol. The molecule has 1 heterocycles. The molecule has 1 aromatic heterocycles. The van der Waals surface area contributed by atoms with Crippen LogP contribution in [0.5, 0.6) is 5.75 Å². The van der Waals surface area contributed by atoms with Crippen LogP contribution in [0.1, 0.15) is 35.8 Å². The number of methoxy groups -OCH3 is 1. The summed E-state index contributed by atoms with van der Waals surface area (Å²) in [5.41, 5.74) is 1.10. The van der Waals surface area contributed by atoms with E-state index in [4.69, 9.17) is 4.74 Å². The summed E-state index contributed by atoms with van der Waals surface area (Å²) < 4.78 is 6.64. The van der Waals surface area contributed by atoms with Gasteiger partial charge in [-0.25, -0.2) is 4.68 Å². The van der Waals surface area contributed by atoms with Crippen LogP contribution >= 0.6 is 0 Å². The van der Waals surface area contributed by atoms with Gasteiger partial charge in [0.25, 0.3) is 11.5 Å². The van der Waals surface area contributed by atoms with Gasteiger partial charge in [0.1, 0.15) is 11.4 Å². The number of rotatable bonds is 8. The molecular formula is C18H23N3O3. The molecule has 1 amide bonds. The van der Waals surface area contributed by atoms with Crippen molar-refractivity contribution in [2.24, 2.45) is 0 Å². The van der Waals surface area contributed by atoms with Crippen LogP contribution < -0.4 is 15.6 Å². The molecule has 0 atom stereocenters. The van der Waals surface area contributed by atoms with E-state index in [1.807, 2.05) is 31.2 Å². The molecule has 0 aliphatic heterocycles. The van der Waals surface area contributed by atoms with Gasteiger partial charge in [-0.2, -0.15) is 5.10 Å². The van der Waals surface area contributed by atoms with E-state index in [0.717, 1.165) is 24.2 Å². The lowest BCUT2D eigenvalue weighted by atomic mass is 10.1. The molecule has 0 aliphatic carbocycles. The van der Waals surface area contributed by atoms with E-state index in [9.17, 15) is 9.59 Å².